The van der Waals surface area contributed by atoms with Crippen LogP contribution in [0.2, 0.25) is 0 Å². The predicted molar refractivity (Wildman–Crippen MR) is 97.9 cm³/mol. The molecule has 138 valence electrons. The second kappa shape index (κ2) is 8.81. The molecule has 2 heterocycles. The van der Waals surface area contributed by atoms with E-state index in [1.54, 1.807) is 18.2 Å². The van der Waals surface area contributed by atoms with Crippen molar-refractivity contribution in [2.24, 2.45) is 0 Å². The molecule has 0 aliphatic carbocycles. The summed E-state index contributed by atoms with van der Waals surface area (Å²) in [6.45, 7) is 0. The Bertz CT molecular complexity index is 901. The lowest BCUT2D eigenvalue weighted by atomic mass is 10.5. The third kappa shape index (κ3) is 5.82. The Morgan fingerprint density at radius 1 is 0.800 bits per heavy atom. The summed E-state index contributed by atoms with van der Waals surface area (Å²) in [6, 6.07) is 7.93. The smallest absolute Gasteiger partial charge is 0.243 e. The number of aromatic nitrogens is 2. The molecule has 0 bridgehead atoms. The van der Waals surface area contributed by atoms with E-state index in [9.17, 15) is 16.8 Å². The molecule has 0 aliphatic heterocycles. The third-order valence-corrected chi connectivity index (χ3v) is 6.76. The molecular weight excluding hydrogens is 432 g/mol. The van der Waals surface area contributed by atoms with E-state index in [1.165, 1.54) is 52.7 Å². The topological polar surface area (TPSA) is 101 Å². The van der Waals surface area contributed by atoms with Crippen LogP contribution in [0.3, 0.4) is 0 Å². The second-order valence-electron chi connectivity index (χ2n) is 5.06. The van der Waals surface area contributed by atoms with Crippen molar-refractivity contribution in [1.82, 2.24) is 18.6 Å². The summed E-state index contributed by atoms with van der Waals surface area (Å²) < 4.78 is 48.8. The van der Waals surface area contributed by atoms with Gasteiger partial charge in [-0.05, 0) is 24.3 Å². The molecule has 0 fully saturated rings. The minimum absolute atomic E-state index is 0.0480. The van der Waals surface area contributed by atoms with Crippen molar-refractivity contribution < 1.29 is 16.8 Å². The summed E-state index contributed by atoms with van der Waals surface area (Å²) in [5, 5.41) is 0.127. The van der Waals surface area contributed by atoms with E-state index in [1.807, 2.05) is 0 Å². The Kier molecular flexibility index (Phi) is 7.62. The number of hydrogen-bond donors (Lipinski definition) is 0. The summed E-state index contributed by atoms with van der Waals surface area (Å²) in [5.74, 6) is 0. The molecule has 2 aromatic rings. The fourth-order valence-corrected chi connectivity index (χ4v) is 3.55. The average Bonchev–Trinajstić information content (AvgIpc) is 2.56. The normalized spacial score (nSPS) is 12.0. The van der Waals surface area contributed by atoms with E-state index in [-0.39, 0.29) is 10.1 Å². The maximum Gasteiger partial charge on any atom is 0.260 e. The monoisotopic (exact) mass is 450 g/mol. The Hall–Kier alpha value is -1.40. The molecule has 0 spiro atoms. The molecule has 0 unspecified atom stereocenters. The van der Waals surface area contributed by atoms with Crippen LogP contribution in [0, 0.1) is 0 Å². The summed E-state index contributed by atoms with van der Waals surface area (Å²) in [4.78, 5) is 7.51. The fourth-order valence-electron chi connectivity index (χ4n) is 1.40. The maximum absolute atomic E-state index is 11.5. The highest BCUT2D eigenvalue weighted by molar-refractivity contribution is 9.10. The van der Waals surface area contributed by atoms with Crippen molar-refractivity contribution in [2.45, 2.75) is 10.1 Å². The first-order valence-electron chi connectivity index (χ1n) is 6.87. The minimum atomic E-state index is -3.41. The van der Waals surface area contributed by atoms with Gasteiger partial charge in [0.05, 0.1) is 0 Å². The van der Waals surface area contributed by atoms with Gasteiger partial charge >= 0.3 is 0 Å². The lowest BCUT2D eigenvalue weighted by Crippen LogP contribution is -2.23. The quantitative estimate of drug-likeness (QED) is 0.697. The molecule has 11 heteroatoms. The maximum atomic E-state index is 11.5. The average molecular weight is 451 g/mol. The number of rotatable bonds is 4. The van der Waals surface area contributed by atoms with E-state index in [0.717, 1.165) is 8.61 Å². The first kappa shape index (κ1) is 21.6. The van der Waals surface area contributed by atoms with Gasteiger partial charge in [0.15, 0.2) is 10.1 Å². The zero-order valence-corrected chi connectivity index (χ0v) is 17.4. The molecule has 0 saturated carbocycles. The van der Waals surface area contributed by atoms with Crippen LogP contribution in [-0.4, -0.2) is 63.6 Å². The minimum Gasteiger partial charge on any atom is -0.243 e. The summed E-state index contributed by atoms with van der Waals surface area (Å²) in [6.07, 6.45) is 2.90. The highest BCUT2D eigenvalue weighted by Gasteiger charge is 2.18. The molecule has 8 nitrogen and oxygen atoms in total. The molecule has 0 atom stereocenters. The molecule has 2 rings (SSSR count). The van der Waals surface area contributed by atoms with Gasteiger partial charge in [-0.25, -0.2) is 35.4 Å². The molecule has 0 saturated heterocycles. The Labute approximate surface area is 156 Å². The Balaban J connectivity index is 0.000000251. The summed E-state index contributed by atoms with van der Waals surface area (Å²) in [7, 11) is -0.869. The van der Waals surface area contributed by atoms with E-state index < -0.39 is 20.0 Å². The SMILES string of the molecule is CN(C)S(=O)(=O)c1cc(Br)ccn1.CN(C)S(=O)(=O)c1ccccn1. The highest BCUT2D eigenvalue weighted by Crippen LogP contribution is 2.15. The number of pyridine rings is 2. The van der Waals surface area contributed by atoms with E-state index in [0.29, 0.717) is 4.47 Å². The molecular formula is C14H19BrN4O4S2. The Morgan fingerprint density at radius 3 is 1.76 bits per heavy atom. The van der Waals surface area contributed by atoms with Crippen LogP contribution < -0.4 is 0 Å². The van der Waals surface area contributed by atoms with Crippen LogP contribution in [-0.2, 0) is 20.0 Å². The summed E-state index contributed by atoms with van der Waals surface area (Å²) >= 11 is 3.18. The van der Waals surface area contributed by atoms with Gasteiger partial charge < -0.3 is 0 Å². The van der Waals surface area contributed by atoms with Crippen LogP contribution in [0.25, 0.3) is 0 Å². The molecule has 0 N–H and O–H groups in total. The molecule has 0 aliphatic rings. The molecule has 2 aromatic heterocycles. The van der Waals surface area contributed by atoms with Crippen LogP contribution in [0.4, 0.5) is 0 Å². The summed E-state index contributed by atoms with van der Waals surface area (Å²) in [5.41, 5.74) is 0. The lowest BCUT2D eigenvalue weighted by Gasteiger charge is -2.09. The number of nitrogens with zero attached hydrogens (tertiary/aromatic N) is 4. The van der Waals surface area contributed by atoms with Crippen molar-refractivity contribution >= 4 is 36.0 Å². The zero-order valence-electron chi connectivity index (χ0n) is 14.2. The van der Waals surface area contributed by atoms with Gasteiger partial charge in [0.2, 0.25) is 0 Å². The zero-order chi connectivity index (χ0) is 19.3. The molecule has 25 heavy (non-hydrogen) atoms. The van der Waals surface area contributed by atoms with E-state index in [2.05, 4.69) is 25.9 Å². The van der Waals surface area contributed by atoms with E-state index in [4.69, 9.17) is 0 Å². The number of sulfonamides is 2. The van der Waals surface area contributed by atoms with Crippen molar-refractivity contribution in [3.8, 4) is 0 Å². The first-order valence-corrected chi connectivity index (χ1v) is 10.5. The molecule has 0 amide bonds. The molecule has 0 radical (unpaired) electrons. The lowest BCUT2D eigenvalue weighted by molar-refractivity contribution is 0.516. The van der Waals surface area contributed by atoms with Crippen LogP contribution in [0.1, 0.15) is 0 Å². The van der Waals surface area contributed by atoms with Gasteiger partial charge in [-0.15, -0.1) is 0 Å². The standard InChI is InChI=1S/C7H9BrN2O2S.C7H10N2O2S/c1-10(2)13(11,12)7-5-6(8)3-4-9-7;1-9(2)12(10,11)7-5-3-4-6-8-7/h3-5H,1-2H3;3-6H,1-2H3. The first-order chi connectivity index (χ1) is 11.5. The Morgan fingerprint density at radius 2 is 1.32 bits per heavy atom. The van der Waals surface area contributed by atoms with Crippen molar-refractivity contribution in [3.63, 3.8) is 0 Å². The number of halogens is 1. The van der Waals surface area contributed by atoms with Crippen LogP contribution in [0.5, 0.6) is 0 Å². The third-order valence-electron chi connectivity index (χ3n) is 2.82. The largest absolute Gasteiger partial charge is 0.260 e. The van der Waals surface area contributed by atoms with Gasteiger partial charge in [-0.1, -0.05) is 22.0 Å². The van der Waals surface area contributed by atoms with Gasteiger partial charge in [0.1, 0.15) is 0 Å². The fraction of sp³-hybridized carbons (Fsp3) is 0.286. The van der Waals surface area contributed by atoms with Gasteiger partial charge in [-0.3, -0.25) is 0 Å². The van der Waals surface area contributed by atoms with Gasteiger partial charge in [0, 0.05) is 45.1 Å². The van der Waals surface area contributed by atoms with Crippen LogP contribution in [0.15, 0.2) is 57.3 Å². The second-order valence-corrected chi connectivity index (χ2v) is 10.2. The van der Waals surface area contributed by atoms with Crippen molar-refractivity contribution in [1.29, 1.82) is 0 Å². The number of hydrogen-bond acceptors (Lipinski definition) is 6. The van der Waals surface area contributed by atoms with Crippen LogP contribution >= 0.6 is 15.9 Å². The van der Waals surface area contributed by atoms with Crippen molar-refractivity contribution in [3.05, 3.63) is 47.2 Å². The molecule has 0 aromatic carbocycles. The van der Waals surface area contributed by atoms with Crippen molar-refractivity contribution in [2.75, 3.05) is 28.2 Å². The van der Waals surface area contributed by atoms with Gasteiger partial charge in [0.25, 0.3) is 20.0 Å². The van der Waals surface area contributed by atoms with E-state index >= 15 is 0 Å². The van der Waals surface area contributed by atoms with Gasteiger partial charge in [-0.2, -0.15) is 0 Å². The highest BCUT2D eigenvalue weighted by atomic mass is 79.9. The predicted octanol–water partition coefficient (Wildman–Crippen LogP) is 1.43.